The van der Waals surface area contributed by atoms with Crippen molar-refractivity contribution in [1.82, 2.24) is 5.43 Å². The standard InChI is InChI=1S/C21H15ClN2O3/c22-18-10-8-17(9-11-18)21(26)27-19-12-6-15(7-13-19)14-23-24-20(25)16-4-2-1-3-5-16/h1-14H,(H,24,25). The molecule has 3 rings (SSSR count). The minimum atomic E-state index is -0.469. The van der Waals surface area contributed by atoms with Crippen LogP contribution in [0.25, 0.3) is 0 Å². The first-order valence-corrected chi connectivity index (χ1v) is 8.46. The van der Waals surface area contributed by atoms with Crippen molar-refractivity contribution < 1.29 is 14.3 Å². The highest BCUT2D eigenvalue weighted by molar-refractivity contribution is 6.30. The van der Waals surface area contributed by atoms with E-state index in [9.17, 15) is 9.59 Å². The quantitative estimate of drug-likeness (QED) is 0.311. The Labute approximate surface area is 161 Å². The predicted octanol–water partition coefficient (Wildman–Crippen LogP) is 4.32. The lowest BCUT2D eigenvalue weighted by Gasteiger charge is -2.04. The number of ether oxygens (including phenoxy) is 1. The Hall–Kier alpha value is -3.44. The van der Waals surface area contributed by atoms with E-state index >= 15 is 0 Å². The van der Waals surface area contributed by atoms with Crippen molar-refractivity contribution in [2.75, 3.05) is 0 Å². The van der Waals surface area contributed by atoms with Gasteiger partial charge in [0.25, 0.3) is 5.91 Å². The summed E-state index contributed by atoms with van der Waals surface area (Å²) in [5, 5.41) is 4.47. The third-order valence-corrected chi connectivity index (χ3v) is 3.84. The summed E-state index contributed by atoms with van der Waals surface area (Å²) in [7, 11) is 0. The molecular weight excluding hydrogens is 364 g/mol. The fourth-order valence-corrected chi connectivity index (χ4v) is 2.32. The third kappa shape index (κ3) is 5.26. The van der Waals surface area contributed by atoms with Gasteiger partial charge in [-0.25, -0.2) is 10.2 Å². The van der Waals surface area contributed by atoms with E-state index in [1.54, 1.807) is 72.8 Å². The molecule has 5 nitrogen and oxygen atoms in total. The molecule has 0 unspecified atom stereocenters. The molecular formula is C21H15ClN2O3. The highest BCUT2D eigenvalue weighted by atomic mass is 35.5. The molecule has 27 heavy (non-hydrogen) atoms. The van der Waals surface area contributed by atoms with Crippen molar-refractivity contribution in [1.29, 1.82) is 0 Å². The highest BCUT2D eigenvalue weighted by Gasteiger charge is 2.08. The lowest BCUT2D eigenvalue weighted by molar-refractivity contribution is 0.0734. The Balaban J connectivity index is 1.56. The zero-order chi connectivity index (χ0) is 19.1. The summed E-state index contributed by atoms with van der Waals surface area (Å²) in [6.07, 6.45) is 1.51. The van der Waals surface area contributed by atoms with E-state index in [4.69, 9.17) is 16.3 Å². The first-order valence-electron chi connectivity index (χ1n) is 8.08. The molecule has 0 spiro atoms. The van der Waals surface area contributed by atoms with Gasteiger partial charge in [-0.3, -0.25) is 4.79 Å². The van der Waals surface area contributed by atoms with Gasteiger partial charge in [-0.2, -0.15) is 5.10 Å². The topological polar surface area (TPSA) is 67.8 Å². The molecule has 0 saturated carbocycles. The maximum absolute atomic E-state index is 12.1. The van der Waals surface area contributed by atoms with Crippen LogP contribution in [0.2, 0.25) is 5.02 Å². The first kappa shape index (κ1) is 18.4. The summed E-state index contributed by atoms with van der Waals surface area (Å²) in [5.41, 5.74) is 4.14. The van der Waals surface area contributed by atoms with Gasteiger partial charge in [-0.1, -0.05) is 29.8 Å². The van der Waals surface area contributed by atoms with Crippen molar-refractivity contribution >= 4 is 29.7 Å². The number of nitrogens with one attached hydrogen (secondary N) is 1. The molecule has 0 bridgehead atoms. The summed E-state index contributed by atoms with van der Waals surface area (Å²) >= 11 is 5.80. The molecule has 134 valence electrons. The SMILES string of the molecule is O=C(NN=Cc1ccc(OC(=O)c2ccc(Cl)cc2)cc1)c1ccccc1. The molecule has 6 heteroatoms. The third-order valence-electron chi connectivity index (χ3n) is 3.59. The van der Waals surface area contributed by atoms with Crippen molar-refractivity contribution in [2.24, 2.45) is 5.10 Å². The second-order valence-corrected chi connectivity index (χ2v) is 5.97. The van der Waals surface area contributed by atoms with Gasteiger partial charge < -0.3 is 4.74 Å². The van der Waals surface area contributed by atoms with Gasteiger partial charge in [-0.15, -0.1) is 0 Å². The van der Waals surface area contributed by atoms with Gasteiger partial charge in [0.1, 0.15) is 5.75 Å². The molecule has 3 aromatic rings. The summed E-state index contributed by atoms with van der Waals surface area (Å²) in [4.78, 5) is 23.9. The van der Waals surface area contributed by atoms with Crippen molar-refractivity contribution in [2.45, 2.75) is 0 Å². The van der Waals surface area contributed by atoms with Gasteiger partial charge >= 0.3 is 5.97 Å². The van der Waals surface area contributed by atoms with Gasteiger partial charge in [-0.05, 0) is 66.2 Å². The van der Waals surface area contributed by atoms with E-state index in [1.807, 2.05) is 6.07 Å². The Morgan fingerprint density at radius 2 is 1.52 bits per heavy atom. The number of amides is 1. The summed E-state index contributed by atoms with van der Waals surface area (Å²) < 4.78 is 5.30. The van der Waals surface area contributed by atoms with Crippen LogP contribution in [-0.4, -0.2) is 18.1 Å². The first-order chi connectivity index (χ1) is 13.1. The van der Waals surface area contributed by atoms with Crippen LogP contribution in [0.4, 0.5) is 0 Å². The zero-order valence-corrected chi connectivity index (χ0v) is 14.9. The summed E-state index contributed by atoms with van der Waals surface area (Å²) in [6.45, 7) is 0. The molecule has 0 heterocycles. The molecule has 0 aliphatic rings. The van der Waals surface area contributed by atoms with Crippen molar-refractivity contribution in [3.05, 3.63) is 101 Å². The molecule has 0 fully saturated rings. The van der Waals surface area contributed by atoms with Crippen LogP contribution in [0, 0.1) is 0 Å². The number of benzene rings is 3. The van der Waals surface area contributed by atoms with Crippen molar-refractivity contribution in [3.63, 3.8) is 0 Å². The van der Waals surface area contributed by atoms with E-state index in [-0.39, 0.29) is 5.91 Å². The normalized spacial score (nSPS) is 10.6. The van der Waals surface area contributed by atoms with Gasteiger partial charge in [0.05, 0.1) is 11.8 Å². The van der Waals surface area contributed by atoms with E-state index in [1.165, 1.54) is 6.21 Å². The Bertz CT molecular complexity index is 953. The van der Waals surface area contributed by atoms with Crippen LogP contribution < -0.4 is 10.2 Å². The number of hydrogen-bond donors (Lipinski definition) is 1. The van der Waals surface area contributed by atoms with Gasteiger partial charge in [0.2, 0.25) is 0 Å². The van der Waals surface area contributed by atoms with E-state index < -0.39 is 5.97 Å². The molecule has 0 saturated heterocycles. The molecule has 0 radical (unpaired) electrons. The van der Waals surface area contributed by atoms with Gasteiger partial charge in [0, 0.05) is 10.6 Å². The number of nitrogens with zero attached hydrogens (tertiary/aromatic N) is 1. The lowest BCUT2D eigenvalue weighted by Crippen LogP contribution is -2.17. The molecule has 0 aliphatic heterocycles. The average Bonchev–Trinajstić information content (AvgIpc) is 2.70. The Morgan fingerprint density at radius 3 is 2.19 bits per heavy atom. The summed E-state index contributed by atoms with van der Waals surface area (Å²) in [6, 6.07) is 22.0. The number of hydrogen-bond acceptors (Lipinski definition) is 4. The fraction of sp³-hybridized carbons (Fsp3) is 0. The minimum absolute atomic E-state index is 0.291. The second-order valence-electron chi connectivity index (χ2n) is 5.53. The number of esters is 1. The maximum atomic E-state index is 12.1. The van der Waals surface area contributed by atoms with Gasteiger partial charge in [0.15, 0.2) is 0 Å². The number of hydrazone groups is 1. The number of carbonyl (C=O) groups is 2. The number of rotatable bonds is 5. The maximum Gasteiger partial charge on any atom is 0.343 e. The lowest BCUT2D eigenvalue weighted by atomic mass is 10.2. The van der Waals surface area contributed by atoms with Crippen LogP contribution in [0.15, 0.2) is 84.0 Å². The number of halogens is 1. The van der Waals surface area contributed by atoms with Crippen LogP contribution in [0.3, 0.4) is 0 Å². The molecule has 0 aromatic heterocycles. The van der Waals surface area contributed by atoms with Crippen LogP contribution in [0.5, 0.6) is 5.75 Å². The molecule has 0 aliphatic carbocycles. The molecule has 0 atom stereocenters. The van der Waals surface area contributed by atoms with Crippen molar-refractivity contribution in [3.8, 4) is 5.75 Å². The second kappa shape index (κ2) is 8.78. The van der Waals surface area contributed by atoms with E-state index in [2.05, 4.69) is 10.5 Å². The van der Waals surface area contributed by atoms with E-state index in [0.29, 0.717) is 21.9 Å². The predicted molar refractivity (Wildman–Crippen MR) is 104 cm³/mol. The fourth-order valence-electron chi connectivity index (χ4n) is 2.19. The molecule has 1 amide bonds. The zero-order valence-electron chi connectivity index (χ0n) is 14.1. The smallest absolute Gasteiger partial charge is 0.343 e. The Kier molecular flexibility index (Phi) is 5.97. The average molecular weight is 379 g/mol. The van der Waals surface area contributed by atoms with Crippen LogP contribution in [-0.2, 0) is 0 Å². The monoisotopic (exact) mass is 378 g/mol. The van der Waals surface area contributed by atoms with Crippen LogP contribution in [0.1, 0.15) is 26.3 Å². The van der Waals surface area contributed by atoms with Crippen LogP contribution >= 0.6 is 11.6 Å². The molecule has 1 N–H and O–H groups in total. The molecule has 3 aromatic carbocycles. The number of carbonyl (C=O) groups excluding carboxylic acids is 2. The van der Waals surface area contributed by atoms with E-state index in [0.717, 1.165) is 5.56 Å². The Morgan fingerprint density at radius 1 is 0.852 bits per heavy atom. The minimum Gasteiger partial charge on any atom is -0.423 e. The largest absolute Gasteiger partial charge is 0.423 e. The highest BCUT2D eigenvalue weighted by Crippen LogP contribution is 2.15. The summed E-state index contributed by atoms with van der Waals surface area (Å²) in [5.74, 6) is -0.357.